The maximum Gasteiger partial charge on any atom is 0.344 e. The average Bonchev–Trinajstić information content (AvgIpc) is 3.00. The second-order valence-electron chi connectivity index (χ2n) is 6.50. The molecule has 7 nitrogen and oxygen atoms in total. The molecule has 1 aliphatic rings. The van der Waals surface area contributed by atoms with Crippen molar-refractivity contribution >= 4 is 40.6 Å². The molecule has 0 saturated carbocycles. The van der Waals surface area contributed by atoms with Gasteiger partial charge >= 0.3 is 5.97 Å². The molecule has 2 aromatic rings. The summed E-state index contributed by atoms with van der Waals surface area (Å²) in [5, 5.41) is 19.3. The van der Waals surface area contributed by atoms with Gasteiger partial charge in [-0.25, -0.2) is 9.79 Å². The Morgan fingerprint density at radius 3 is 2.67 bits per heavy atom. The quantitative estimate of drug-likeness (QED) is 0.642. The first-order valence-corrected chi connectivity index (χ1v) is 10.3. The number of hydrogen-bond donors (Lipinski definition) is 2. The highest BCUT2D eigenvalue weighted by Gasteiger charge is 2.32. The van der Waals surface area contributed by atoms with Gasteiger partial charge in [-0.1, -0.05) is 25.1 Å². The summed E-state index contributed by atoms with van der Waals surface area (Å²) in [5.41, 5.74) is 1.28. The molecule has 0 radical (unpaired) electrons. The molecule has 0 bridgehead atoms. The molecule has 8 heteroatoms. The molecule has 0 aliphatic carbocycles. The number of carbonyl (C=O) groups excluding carboxylic acids is 1. The van der Waals surface area contributed by atoms with Gasteiger partial charge in [-0.05, 0) is 61.0 Å². The minimum absolute atomic E-state index is 0.105. The lowest BCUT2D eigenvalue weighted by atomic mass is 10.2. The third-order valence-corrected chi connectivity index (χ3v) is 5.35. The number of amidine groups is 1. The van der Waals surface area contributed by atoms with E-state index in [1.807, 2.05) is 13.0 Å². The summed E-state index contributed by atoms with van der Waals surface area (Å²) < 4.78 is 5.53. The number of carboxylic acid groups (broad SMARTS) is 1. The summed E-state index contributed by atoms with van der Waals surface area (Å²) in [6, 6.07) is 13.5. The van der Waals surface area contributed by atoms with E-state index in [-0.39, 0.29) is 11.7 Å². The zero-order valence-corrected chi connectivity index (χ0v) is 17.4. The van der Waals surface area contributed by atoms with E-state index in [0.717, 1.165) is 5.56 Å². The van der Waals surface area contributed by atoms with Gasteiger partial charge in [0.25, 0.3) is 5.91 Å². The number of thioether (sulfide) groups is 1. The van der Waals surface area contributed by atoms with Crippen molar-refractivity contribution in [3.8, 4) is 11.5 Å². The molecule has 1 aliphatic heterocycles. The second-order valence-corrected chi connectivity index (χ2v) is 7.51. The summed E-state index contributed by atoms with van der Waals surface area (Å²) in [7, 11) is 0. The van der Waals surface area contributed by atoms with Gasteiger partial charge in [0, 0.05) is 12.6 Å². The van der Waals surface area contributed by atoms with Gasteiger partial charge in [0.2, 0.25) is 0 Å². The molecule has 1 atom stereocenters. The van der Waals surface area contributed by atoms with Crippen molar-refractivity contribution in [2.45, 2.75) is 26.4 Å². The number of hydrogen-bond acceptors (Lipinski definition) is 6. The Kier molecular flexibility index (Phi) is 6.79. The summed E-state index contributed by atoms with van der Waals surface area (Å²) in [4.78, 5) is 30.6. The average molecular weight is 426 g/mol. The van der Waals surface area contributed by atoms with E-state index in [9.17, 15) is 19.8 Å². The molecular weight excluding hydrogens is 404 g/mol. The monoisotopic (exact) mass is 426 g/mol. The fourth-order valence-electron chi connectivity index (χ4n) is 2.84. The Morgan fingerprint density at radius 2 is 2.00 bits per heavy atom. The number of rotatable bonds is 7. The van der Waals surface area contributed by atoms with E-state index in [0.29, 0.717) is 34.5 Å². The molecule has 0 spiro atoms. The van der Waals surface area contributed by atoms with E-state index in [4.69, 9.17) is 4.74 Å². The van der Waals surface area contributed by atoms with Crippen molar-refractivity contribution in [3.05, 3.63) is 59.0 Å². The standard InChI is InChI=1S/C22H22N2O5S/c1-3-18(21(27)28)29-17-10-5-7-14(11-17)12-19-20(26)24(4-2)22(30-19)23-15-8-6-9-16(25)13-15/h5-13,18,25H,3-4H2,1-2H3,(H,27,28)/b19-12-,23-22?. The molecule has 1 heterocycles. The maximum atomic E-state index is 12.8. The van der Waals surface area contributed by atoms with Crippen LogP contribution in [0.25, 0.3) is 6.08 Å². The Hall–Kier alpha value is -3.26. The Labute approximate surface area is 178 Å². The predicted octanol–water partition coefficient (Wildman–Crippen LogP) is 4.26. The van der Waals surface area contributed by atoms with Crippen molar-refractivity contribution in [2.75, 3.05) is 6.54 Å². The van der Waals surface area contributed by atoms with Gasteiger partial charge in [0.1, 0.15) is 11.5 Å². The number of aliphatic carboxylic acids is 1. The van der Waals surface area contributed by atoms with Crippen LogP contribution in [-0.4, -0.2) is 44.8 Å². The van der Waals surface area contributed by atoms with Gasteiger partial charge < -0.3 is 14.9 Å². The van der Waals surface area contributed by atoms with Crippen molar-refractivity contribution in [1.82, 2.24) is 4.90 Å². The van der Waals surface area contributed by atoms with Crippen LogP contribution in [0.1, 0.15) is 25.8 Å². The Balaban J connectivity index is 1.86. The summed E-state index contributed by atoms with van der Waals surface area (Å²) in [5.74, 6) is -0.650. The summed E-state index contributed by atoms with van der Waals surface area (Å²) in [6.45, 7) is 4.07. The topological polar surface area (TPSA) is 99.4 Å². The van der Waals surface area contributed by atoms with Gasteiger partial charge in [0.05, 0.1) is 10.6 Å². The third-order valence-electron chi connectivity index (χ3n) is 4.34. The second kappa shape index (κ2) is 9.49. The number of nitrogens with zero attached hydrogens (tertiary/aromatic N) is 2. The van der Waals surface area contributed by atoms with Crippen LogP contribution < -0.4 is 4.74 Å². The molecule has 0 aromatic heterocycles. The van der Waals surface area contributed by atoms with Crippen LogP contribution in [0.5, 0.6) is 11.5 Å². The van der Waals surface area contributed by atoms with E-state index in [1.165, 1.54) is 17.8 Å². The number of benzene rings is 2. The smallest absolute Gasteiger partial charge is 0.344 e. The molecular formula is C22H22N2O5S. The number of phenols is 1. The van der Waals surface area contributed by atoms with Crippen molar-refractivity contribution < 1.29 is 24.5 Å². The highest BCUT2D eigenvalue weighted by Crippen LogP contribution is 2.34. The lowest BCUT2D eigenvalue weighted by molar-refractivity contribution is -0.145. The number of amides is 1. The molecule has 1 unspecified atom stereocenters. The summed E-state index contributed by atoms with van der Waals surface area (Å²) in [6.07, 6.45) is 1.15. The zero-order chi connectivity index (χ0) is 21.7. The molecule has 1 saturated heterocycles. The molecule has 1 amide bonds. The Morgan fingerprint density at radius 1 is 1.23 bits per heavy atom. The van der Waals surface area contributed by atoms with Crippen molar-refractivity contribution in [3.63, 3.8) is 0 Å². The highest BCUT2D eigenvalue weighted by molar-refractivity contribution is 8.18. The molecule has 3 rings (SSSR count). The number of phenolic OH excluding ortho intramolecular Hbond substituents is 1. The molecule has 156 valence electrons. The minimum Gasteiger partial charge on any atom is -0.508 e. The fourth-order valence-corrected chi connectivity index (χ4v) is 3.91. The zero-order valence-electron chi connectivity index (χ0n) is 16.6. The van der Waals surface area contributed by atoms with Crippen LogP contribution in [0, 0.1) is 0 Å². The molecule has 1 fully saturated rings. The van der Waals surface area contributed by atoms with Crippen LogP contribution in [0.15, 0.2) is 58.4 Å². The normalized spacial score (nSPS) is 17.5. The van der Waals surface area contributed by atoms with Crippen LogP contribution in [0.4, 0.5) is 5.69 Å². The molecule has 2 aromatic carbocycles. The lowest BCUT2D eigenvalue weighted by Crippen LogP contribution is -2.28. The van der Waals surface area contributed by atoms with Crippen LogP contribution >= 0.6 is 11.8 Å². The largest absolute Gasteiger partial charge is 0.508 e. The van der Waals surface area contributed by atoms with Gasteiger partial charge in [0.15, 0.2) is 11.3 Å². The van der Waals surface area contributed by atoms with E-state index in [2.05, 4.69) is 4.99 Å². The number of likely N-dealkylation sites (N-methyl/N-ethyl adjacent to an activating group) is 1. The number of carboxylic acids is 1. The lowest BCUT2D eigenvalue weighted by Gasteiger charge is -2.13. The van der Waals surface area contributed by atoms with E-state index >= 15 is 0 Å². The Bertz CT molecular complexity index is 1020. The molecule has 30 heavy (non-hydrogen) atoms. The van der Waals surface area contributed by atoms with Gasteiger partial charge in [-0.15, -0.1) is 0 Å². The van der Waals surface area contributed by atoms with Crippen molar-refractivity contribution in [1.29, 1.82) is 0 Å². The summed E-state index contributed by atoms with van der Waals surface area (Å²) >= 11 is 1.25. The van der Waals surface area contributed by atoms with E-state index in [1.54, 1.807) is 54.3 Å². The third kappa shape index (κ3) is 5.01. The van der Waals surface area contributed by atoms with Crippen LogP contribution in [0.2, 0.25) is 0 Å². The van der Waals surface area contributed by atoms with Gasteiger partial charge in [-0.3, -0.25) is 9.69 Å². The highest BCUT2D eigenvalue weighted by atomic mass is 32.2. The number of aliphatic imine (C=N–C) groups is 1. The van der Waals surface area contributed by atoms with Crippen LogP contribution in [0.3, 0.4) is 0 Å². The maximum absolute atomic E-state index is 12.8. The van der Waals surface area contributed by atoms with Gasteiger partial charge in [-0.2, -0.15) is 0 Å². The van der Waals surface area contributed by atoms with Crippen molar-refractivity contribution in [2.24, 2.45) is 4.99 Å². The van der Waals surface area contributed by atoms with E-state index < -0.39 is 12.1 Å². The number of ether oxygens (including phenoxy) is 1. The first-order chi connectivity index (χ1) is 14.4. The molecule has 2 N–H and O–H groups in total. The number of carbonyl (C=O) groups is 2. The number of aromatic hydroxyl groups is 1. The predicted molar refractivity (Wildman–Crippen MR) is 117 cm³/mol. The minimum atomic E-state index is -1.02. The SMILES string of the molecule is CCC(Oc1cccc(/C=C2\SC(=Nc3cccc(O)c3)N(CC)C2=O)c1)C(=O)O. The van der Waals surface area contributed by atoms with Crippen LogP contribution in [-0.2, 0) is 9.59 Å². The fraction of sp³-hybridized carbons (Fsp3) is 0.227. The first kappa shape index (κ1) is 21.4. The first-order valence-electron chi connectivity index (χ1n) is 9.50.